The Bertz CT molecular complexity index is 9.61. The maximum atomic E-state index is 3.49. The topological polar surface area (TPSA) is 59.1 Å². The predicted molar refractivity (Wildman–Crippen MR) is 17.0 cm³/mol. The fraction of sp³-hybridized carbons (Fsp3) is 1.00. The van der Waals surface area contributed by atoms with Gasteiger partial charge in [0.25, 0.3) is 0 Å². The molecule has 0 aliphatic heterocycles. The molecule has 0 saturated carbocycles. The van der Waals surface area contributed by atoms with Crippen molar-refractivity contribution in [3.05, 3.63) is 0 Å². The molecule has 0 amide bonds. The summed E-state index contributed by atoms with van der Waals surface area (Å²) in [6.07, 6.45) is 0. The van der Waals surface area contributed by atoms with E-state index in [-0.39, 0.29) is 22.5 Å². The van der Waals surface area contributed by atoms with Crippen LogP contribution in [-0.2, 0) is 0 Å². The van der Waals surface area contributed by atoms with Gasteiger partial charge in [0.15, 0.2) is 0 Å². The smallest absolute Gasteiger partial charge is 0.0711 e. The van der Waals surface area contributed by atoms with E-state index in [0.29, 0.717) is 0 Å². The van der Waals surface area contributed by atoms with Gasteiger partial charge in [-0.05, 0) is 6.92 Å². The average molecular weight is 144 g/mol. The molecular formula is C2H10BrNO. The zero-order valence-corrected chi connectivity index (χ0v) is 4.88. The summed E-state index contributed by atoms with van der Waals surface area (Å²) >= 11 is 0. The Balaban J connectivity index is -0.0000000200. The van der Waals surface area contributed by atoms with Crippen molar-refractivity contribution in [1.82, 2.24) is 0 Å². The molecule has 3 heteroatoms. The zero-order valence-electron chi connectivity index (χ0n) is 3.29. The summed E-state index contributed by atoms with van der Waals surface area (Å²) in [7, 11) is 0. The van der Waals surface area contributed by atoms with E-state index in [1.165, 1.54) is 0 Å². The molecule has 0 aromatic heterocycles. The molecule has 0 bridgehead atoms. The van der Waals surface area contributed by atoms with Crippen LogP contribution in [0.1, 0.15) is 6.92 Å². The van der Waals surface area contributed by atoms with Gasteiger partial charge in [-0.3, -0.25) is 0 Å². The lowest BCUT2D eigenvalue weighted by Crippen LogP contribution is -3.00. The van der Waals surface area contributed by atoms with Gasteiger partial charge >= 0.3 is 0 Å². The van der Waals surface area contributed by atoms with Crippen LogP contribution in [0.5, 0.6) is 0 Å². The van der Waals surface area contributed by atoms with E-state index in [9.17, 15) is 0 Å². The Morgan fingerprint density at radius 3 is 1.60 bits per heavy atom. The first-order chi connectivity index (χ1) is 1.41. The SMILES string of the molecule is CC[NH3+].O.[Br-]. The lowest BCUT2D eigenvalue weighted by atomic mass is 10.8. The van der Waals surface area contributed by atoms with E-state index >= 15 is 0 Å². The third-order valence-electron chi connectivity index (χ3n) is 0. The maximum Gasteiger partial charge on any atom is 0.0711 e. The molecule has 0 aliphatic carbocycles. The molecule has 2 nitrogen and oxygen atoms in total. The first-order valence-electron chi connectivity index (χ1n) is 1.21. The van der Waals surface area contributed by atoms with E-state index in [1.54, 1.807) is 0 Å². The number of halogens is 1. The van der Waals surface area contributed by atoms with Crippen LogP contribution in [0.2, 0.25) is 0 Å². The van der Waals surface area contributed by atoms with Crippen molar-refractivity contribution < 1.29 is 28.2 Å². The maximum absolute atomic E-state index is 3.49. The summed E-state index contributed by atoms with van der Waals surface area (Å²) in [6, 6.07) is 0. The normalized spacial score (nSPS) is 3.60. The van der Waals surface area contributed by atoms with Crippen LogP contribution in [0.4, 0.5) is 0 Å². The second-order valence-corrected chi connectivity index (χ2v) is 0.500. The van der Waals surface area contributed by atoms with Gasteiger partial charge in [0.1, 0.15) is 0 Å². The highest BCUT2D eigenvalue weighted by molar-refractivity contribution is 3.79. The van der Waals surface area contributed by atoms with Crippen molar-refractivity contribution in [2.24, 2.45) is 0 Å². The number of quaternary nitrogens is 1. The molecule has 0 spiro atoms. The second kappa shape index (κ2) is 26.0. The largest absolute Gasteiger partial charge is 1.00 e. The van der Waals surface area contributed by atoms with Gasteiger partial charge in [-0.25, -0.2) is 0 Å². The average Bonchev–Trinajstić information content (AvgIpc) is 0.918. The van der Waals surface area contributed by atoms with Crippen molar-refractivity contribution >= 4 is 0 Å². The van der Waals surface area contributed by atoms with Crippen molar-refractivity contribution in [1.29, 1.82) is 0 Å². The van der Waals surface area contributed by atoms with Crippen LogP contribution in [0.15, 0.2) is 0 Å². The second-order valence-electron chi connectivity index (χ2n) is 0.500. The van der Waals surface area contributed by atoms with E-state index in [0.717, 1.165) is 6.54 Å². The van der Waals surface area contributed by atoms with Gasteiger partial charge in [-0.2, -0.15) is 0 Å². The lowest BCUT2D eigenvalue weighted by Gasteiger charge is -1.49. The molecule has 0 rings (SSSR count). The summed E-state index contributed by atoms with van der Waals surface area (Å²) in [5, 5.41) is 0. The Hall–Kier alpha value is 0.400. The molecule has 0 unspecified atom stereocenters. The van der Waals surface area contributed by atoms with Gasteiger partial charge < -0.3 is 28.2 Å². The molecule has 0 fully saturated rings. The highest BCUT2D eigenvalue weighted by Crippen LogP contribution is 1.13. The van der Waals surface area contributed by atoms with Gasteiger partial charge in [-0.15, -0.1) is 0 Å². The minimum atomic E-state index is 0. The fourth-order valence-electron chi connectivity index (χ4n) is 0. The third-order valence-corrected chi connectivity index (χ3v) is 0. The molecule has 5 N–H and O–H groups in total. The summed E-state index contributed by atoms with van der Waals surface area (Å²) in [6.45, 7) is 3.01. The number of rotatable bonds is 0. The molecule has 5 heavy (non-hydrogen) atoms. The van der Waals surface area contributed by atoms with E-state index in [4.69, 9.17) is 0 Å². The van der Waals surface area contributed by atoms with E-state index in [1.807, 2.05) is 6.92 Å². The Morgan fingerprint density at radius 1 is 1.60 bits per heavy atom. The van der Waals surface area contributed by atoms with Gasteiger partial charge in [0.05, 0.1) is 6.54 Å². The minimum Gasteiger partial charge on any atom is -1.00 e. The molecule has 0 aromatic carbocycles. The lowest BCUT2D eigenvalue weighted by molar-refractivity contribution is -0.361. The van der Waals surface area contributed by atoms with Crippen LogP contribution in [0.25, 0.3) is 0 Å². The van der Waals surface area contributed by atoms with Crippen LogP contribution in [0.3, 0.4) is 0 Å². The van der Waals surface area contributed by atoms with Gasteiger partial charge in [-0.1, -0.05) is 0 Å². The predicted octanol–water partition coefficient (Wildman–Crippen LogP) is -4.57. The highest BCUT2D eigenvalue weighted by atomic mass is 79.9. The van der Waals surface area contributed by atoms with Crippen molar-refractivity contribution in [2.75, 3.05) is 6.54 Å². The van der Waals surface area contributed by atoms with Gasteiger partial charge in [0, 0.05) is 0 Å². The molecule has 0 radical (unpaired) electrons. The quantitative estimate of drug-likeness (QED) is 0.356. The Morgan fingerprint density at radius 2 is 1.60 bits per heavy atom. The monoisotopic (exact) mass is 143 g/mol. The Labute approximate surface area is 42.4 Å². The van der Waals surface area contributed by atoms with Crippen LogP contribution in [0, 0.1) is 0 Å². The Kier molecular flexibility index (Phi) is 94.2. The summed E-state index contributed by atoms with van der Waals surface area (Å²) in [5.74, 6) is 0. The number of hydrogen-bond donors (Lipinski definition) is 1. The molecule has 0 aromatic rings. The molecule has 0 aliphatic rings. The summed E-state index contributed by atoms with van der Waals surface area (Å²) in [5.41, 5.74) is 3.49. The first kappa shape index (κ1) is 18.2. The van der Waals surface area contributed by atoms with Crippen molar-refractivity contribution in [2.45, 2.75) is 6.92 Å². The van der Waals surface area contributed by atoms with E-state index in [2.05, 4.69) is 5.73 Å². The zero-order chi connectivity index (χ0) is 2.71. The molecule has 0 saturated heterocycles. The third kappa shape index (κ3) is 158. The number of hydrogen-bond acceptors (Lipinski definition) is 0. The van der Waals surface area contributed by atoms with Crippen molar-refractivity contribution in [3.63, 3.8) is 0 Å². The van der Waals surface area contributed by atoms with Crippen LogP contribution in [-0.4, -0.2) is 12.0 Å². The van der Waals surface area contributed by atoms with Crippen LogP contribution < -0.4 is 22.7 Å². The van der Waals surface area contributed by atoms with E-state index < -0.39 is 0 Å². The summed E-state index contributed by atoms with van der Waals surface area (Å²) in [4.78, 5) is 0. The minimum absolute atomic E-state index is 0. The fourth-order valence-corrected chi connectivity index (χ4v) is 0. The standard InChI is InChI=1S/C2H7N.BrH.H2O/c1-2-3;;/h2-3H2,1H3;1H;1H2. The molecule has 0 heterocycles. The van der Waals surface area contributed by atoms with Gasteiger partial charge in [0.2, 0.25) is 0 Å². The molecular weight excluding hydrogens is 134 g/mol. The van der Waals surface area contributed by atoms with Crippen molar-refractivity contribution in [3.8, 4) is 0 Å². The highest BCUT2D eigenvalue weighted by Gasteiger charge is 1.37. The van der Waals surface area contributed by atoms with Crippen LogP contribution >= 0.6 is 0 Å². The molecule has 0 atom stereocenters. The molecule has 36 valence electrons. The first-order valence-corrected chi connectivity index (χ1v) is 1.21. The summed E-state index contributed by atoms with van der Waals surface area (Å²) < 4.78 is 0.